The average molecular weight is 275 g/mol. The van der Waals surface area contributed by atoms with Gasteiger partial charge in [-0.2, -0.15) is 0 Å². The Bertz CT molecular complexity index is 232. The molecule has 0 spiro atoms. The summed E-state index contributed by atoms with van der Waals surface area (Å²) >= 11 is 0. The van der Waals surface area contributed by atoms with Crippen LogP contribution in [-0.2, 0) is 45.4 Å². The summed E-state index contributed by atoms with van der Waals surface area (Å²) in [6, 6.07) is 0. The molecule has 0 aliphatic heterocycles. The molecule has 0 saturated carbocycles. The van der Waals surface area contributed by atoms with E-state index in [1.165, 1.54) is 0 Å². The summed E-state index contributed by atoms with van der Waals surface area (Å²) in [5.74, 6) is -2.83. The number of rotatable bonds is 4. The molecule has 0 amide bonds. The second-order valence-electron chi connectivity index (χ2n) is 2.97. The molecule has 0 aromatic rings. The van der Waals surface area contributed by atoms with Crippen LogP contribution in [0, 0.1) is 5.41 Å². The quantitative estimate of drug-likeness (QED) is 0.693. The van der Waals surface area contributed by atoms with Crippen LogP contribution < -0.4 is 0 Å². The minimum atomic E-state index is -2.06. The summed E-state index contributed by atoms with van der Waals surface area (Å²) in [6.07, 6.45) is 0. The van der Waals surface area contributed by atoms with Gasteiger partial charge in [0.05, 0.1) is 0 Å². The maximum Gasteiger partial charge on any atom is 0.202 e. The molecule has 4 nitrogen and oxygen atoms in total. The molecule has 5 heteroatoms. The van der Waals surface area contributed by atoms with E-state index < -0.39 is 28.5 Å². The van der Waals surface area contributed by atoms with Crippen molar-refractivity contribution in [2.24, 2.45) is 5.41 Å². The minimum Gasteiger partial charge on any atom is -0.298 e. The molecule has 0 N–H and O–H groups in total. The third kappa shape index (κ3) is 2.32. The molecule has 76 valence electrons. The maximum absolute atomic E-state index is 11.1. The van der Waals surface area contributed by atoms with Crippen LogP contribution in [0.25, 0.3) is 0 Å². The number of Topliss-reactive ketones (excluding diaryl/α,β-unsaturated/α-hetero) is 4. The van der Waals surface area contributed by atoms with Crippen LogP contribution in [0.5, 0.6) is 0 Å². The fourth-order valence-electron chi connectivity index (χ4n) is 1.49. The van der Waals surface area contributed by atoms with Crippen LogP contribution in [0.4, 0.5) is 0 Å². The summed E-state index contributed by atoms with van der Waals surface area (Å²) in [5.41, 5.74) is -2.06. The first-order chi connectivity index (χ1) is 5.77. The molecule has 0 aromatic carbocycles. The van der Waals surface area contributed by atoms with Crippen LogP contribution in [0.3, 0.4) is 0 Å². The van der Waals surface area contributed by atoms with Gasteiger partial charge in [-0.15, -0.1) is 0 Å². The van der Waals surface area contributed by atoms with E-state index in [-0.39, 0.29) is 26.2 Å². The Morgan fingerprint density at radius 1 is 0.643 bits per heavy atom. The zero-order chi connectivity index (χ0) is 10.8. The predicted octanol–water partition coefficient (Wildman–Crippen LogP) is 0.326. The molecule has 0 heterocycles. The molecule has 0 aliphatic rings. The van der Waals surface area contributed by atoms with Gasteiger partial charge < -0.3 is 0 Å². The summed E-state index contributed by atoms with van der Waals surface area (Å²) in [6.45, 7) is 4.29. The smallest absolute Gasteiger partial charge is 0.202 e. The average Bonchev–Trinajstić information content (AvgIpc) is 1.82. The molecule has 0 rings (SSSR count). The van der Waals surface area contributed by atoms with Gasteiger partial charge in [0.15, 0.2) is 23.1 Å². The van der Waals surface area contributed by atoms with Crippen LogP contribution in [0.1, 0.15) is 27.7 Å². The molecule has 0 bridgehead atoms. The van der Waals surface area contributed by atoms with E-state index in [9.17, 15) is 19.2 Å². The Labute approximate surface area is 102 Å². The Balaban J connectivity index is 0. The van der Waals surface area contributed by atoms with Gasteiger partial charge in [-0.1, -0.05) is 0 Å². The second kappa shape index (κ2) is 5.45. The summed E-state index contributed by atoms with van der Waals surface area (Å²) < 4.78 is 0. The van der Waals surface area contributed by atoms with Crippen molar-refractivity contribution in [1.29, 1.82) is 0 Å². The molecule has 0 atom stereocenters. The van der Waals surface area contributed by atoms with Crippen molar-refractivity contribution in [2.45, 2.75) is 27.7 Å². The Morgan fingerprint density at radius 2 is 0.786 bits per heavy atom. The van der Waals surface area contributed by atoms with Gasteiger partial charge in [-0.3, -0.25) is 19.2 Å². The molecule has 0 aliphatic carbocycles. The minimum absolute atomic E-state index is 0. The first kappa shape index (κ1) is 16.0. The summed E-state index contributed by atoms with van der Waals surface area (Å²) in [5, 5.41) is 0. The van der Waals surface area contributed by atoms with E-state index in [0.717, 1.165) is 27.7 Å². The number of carbonyl (C=O) groups is 4. The molecule has 14 heavy (non-hydrogen) atoms. The monoisotopic (exact) mass is 274 g/mol. The van der Waals surface area contributed by atoms with Crippen molar-refractivity contribution < 1.29 is 45.4 Å². The van der Waals surface area contributed by atoms with Crippen molar-refractivity contribution in [3.63, 3.8) is 0 Å². The van der Waals surface area contributed by atoms with E-state index in [2.05, 4.69) is 0 Å². The van der Waals surface area contributed by atoms with E-state index in [1.807, 2.05) is 0 Å². The van der Waals surface area contributed by atoms with E-state index in [1.54, 1.807) is 0 Å². The molecule has 0 unspecified atom stereocenters. The normalized spacial score (nSPS) is 10.0. The number of hydrogen-bond acceptors (Lipinski definition) is 4. The summed E-state index contributed by atoms with van der Waals surface area (Å²) in [4.78, 5) is 44.5. The van der Waals surface area contributed by atoms with Gasteiger partial charge in [0.25, 0.3) is 0 Å². The van der Waals surface area contributed by atoms with Crippen LogP contribution >= 0.6 is 0 Å². The Hall–Kier alpha value is -0.437. The van der Waals surface area contributed by atoms with Gasteiger partial charge in [0.2, 0.25) is 5.41 Å². The molecule has 0 fully saturated rings. The standard InChI is InChI=1S/C9H12O4.Zr/c1-5(10)9(6(2)11,7(3)12)8(4)13;/h1-4H3;. The van der Waals surface area contributed by atoms with Crippen LogP contribution in [-0.4, -0.2) is 23.1 Å². The number of hydrogen-bond donors (Lipinski definition) is 0. The Kier molecular flexibility index (Phi) is 6.23. The van der Waals surface area contributed by atoms with Crippen LogP contribution in [0.15, 0.2) is 0 Å². The van der Waals surface area contributed by atoms with Gasteiger partial charge >= 0.3 is 0 Å². The second-order valence-corrected chi connectivity index (χ2v) is 2.97. The van der Waals surface area contributed by atoms with Crippen molar-refractivity contribution >= 4 is 23.1 Å². The van der Waals surface area contributed by atoms with E-state index in [4.69, 9.17) is 0 Å². The first-order valence-corrected chi connectivity index (χ1v) is 3.82. The van der Waals surface area contributed by atoms with Gasteiger partial charge in [0, 0.05) is 26.2 Å². The fraction of sp³-hybridized carbons (Fsp3) is 0.556. The van der Waals surface area contributed by atoms with Crippen molar-refractivity contribution in [3.05, 3.63) is 0 Å². The van der Waals surface area contributed by atoms with E-state index >= 15 is 0 Å². The van der Waals surface area contributed by atoms with Gasteiger partial charge in [0.1, 0.15) is 0 Å². The Morgan fingerprint density at radius 3 is 0.786 bits per heavy atom. The molecule has 0 saturated heterocycles. The van der Waals surface area contributed by atoms with Crippen molar-refractivity contribution in [1.82, 2.24) is 0 Å². The maximum atomic E-state index is 11.1. The van der Waals surface area contributed by atoms with Crippen LogP contribution in [0.2, 0.25) is 0 Å². The number of ketones is 4. The first-order valence-electron chi connectivity index (χ1n) is 3.82. The molecular formula is C9H12O4Zr. The van der Waals surface area contributed by atoms with E-state index in [0.29, 0.717) is 0 Å². The predicted molar refractivity (Wildman–Crippen MR) is 45.2 cm³/mol. The molecule has 0 aromatic heterocycles. The van der Waals surface area contributed by atoms with Gasteiger partial charge in [-0.25, -0.2) is 0 Å². The summed E-state index contributed by atoms with van der Waals surface area (Å²) in [7, 11) is 0. The fourth-order valence-corrected chi connectivity index (χ4v) is 1.49. The SMILES string of the molecule is CC(=O)C(C(C)=O)(C(C)=O)C(C)=O.[Zr]. The van der Waals surface area contributed by atoms with Crippen molar-refractivity contribution in [2.75, 3.05) is 0 Å². The number of carbonyl (C=O) groups excluding carboxylic acids is 4. The topological polar surface area (TPSA) is 68.3 Å². The zero-order valence-electron chi connectivity index (χ0n) is 8.63. The molecular weight excluding hydrogens is 263 g/mol. The zero-order valence-corrected chi connectivity index (χ0v) is 11.1. The third-order valence-electron chi connectivity index (χ3n) is 2.11. The van der Waals surface area contributed by atoms with Gasteiger partial charge in [-0.05, 0) is 27.7 Å². The largest absolute Gasteiger partial charge is 0.298 e. The van der Waals surface area contributed by atoms with Crippen molar-refractivity contribution in [3.8, 4) is 0 Å². The molecule has 0 radical (unpaired) electrons. The third-order valence-corrected chi connectivity index (χ3v) is 2.11.